The number of ether oxygens (including phenoxy) is 1. The lowest BCUT2D eigenvalue weighted by molar-refractivity contribution is 0.123. The number of hydrogen-bond donors (Lipinski definition) is 3. The van der Waals surface area contributed by atoms with Crippen LogP contribution < -0.4 is 26.5 Å². The van der Waals surface area contributed by atoms with Crippen LogP contribution in [0.5, 0.6) is 5.88 Å². The van der Waals surface area contributed by atoms with Gasteiger partial charge in [-0.2, -0.15) is 5.10 Å². The van der Waals surface area contributed by atoms with Gasteiger partial charge in [0.05, 0.1) is 17.3 Å². The number of anilines is 1. The lowest BCUT2D eigenvalue weighted by Gasteiger charge is -2.29. The summed E-state index contributed by atoms with van der Waals surface area (Å²) in [6, 6.07) is 5.56. The molecule has 0 amide bonds. The fraction of sp³-hybridized carbons (Fsp3) is 0.524. The van der Waals surface area contributed by atoms with Crippen molar-refractivity contribution in [3.63, 3.8) is 0 Å². The van der Waals surface area contributed by atoms with Crippen molar-refractivity contribution in [2.24, 2.45) is 7.05 Å². The van der Waals surface area contributed by atoms with Crippen molar-refractivity contribution in [2.45, 2.75) is 43.7 Å². The first-order valence-electron chi connectivity index (χ1n) is 10.8. The zero-order valence-electron chi connectivity index (χ0n) is 17.8. The predicted molar refractivity (Wildman–Crippen MR) is 117 cm³/mol. The lowest BCUT2D eigenvalue weighted by atomic mass is 9.93. The summed E-state index contributed by atoms with van der Waals surface area (Å²) in [6.45, 7) is 1.74. The number of nitrogens with zero attached hydrogens (tertiary/aromatic N) is 5. The van der Waals surface area contributed by atoms with E-state index < -0.39 is 0 Å². The molecule has 3 N–H and O–H groups in total. The first-order valence-corrected chi connectivity index (χ1v) is 10.8. The van der Waals surface area contributed by atoms with Gasteiger partial charge in [0.2, 0.25) is 5.88 Å². The van der Waals surface area contributed by atoms with E-state index in [4.69, 9.17) is 9.84 Å². The molecular formula is C21H28N8O2. The second-order valence-corrected chi connectivity index (χ2v) is 8.31. The number of rotatable bonds is 5. The lowest BCUT2D eigenvalue weighted by Crippen LogP contribution is -2.28. The molecule has 10 nitrogen and oxygen atoms in total. The Kier molecular flexibility index (Phi) is 5.33. The third-order valence-electron chi connectivity index (χ3n) is 6.30. The molecule has 31 heavy (non-hydrogen) atoms. The molecule has 0 spiro atoms. The Morgan fingerprint density at radius 3 is 2.61 bits per heavy atom. The summed E-state index contributed by atoms with van der Waals surface area (Å²) in [4.78, 5) is 16.1. The highest BCUT2D eigenvalue weighted by molar-refractivity contribution is 5.84. The number of aryl methyl sites for hydroxylation is 1. The van der Waals surface area contributed by atoms with E-state index in [0.717, 1.165) is 61.2 Å². The largest absolute Gasteiger partial charge is 0.473 e. The van der Waals surface area contributed by atoms with E-state index in [0.29, 0.717) is 17.8 Å². The van der Waals surface area contributed by atoms with Crippen molar-refractivity contribution in [2.75, 3.05) is 25.5 Å². The molecule has 1 aliphatic carbocycles. The summed E-state index contributed by atoms with van der Waals surface area (Å²) in [5.41, 5.74) is 8.51. The average molecular weight is 425 g/mol. The minimum absolute atomic E-state index is 0.0975. The van der Waals surface area contributed by atoms with Gasteiger partial charge in [0.25, 0.3) is 5.56 Å². The predicted octanol–water partition coefficient (Wildman–Crippen LogP) is 1.32. The quantitative estimate of drug-likeness (QED) is 0.562. The van der Waals surface area contributed by atoms with Gasteiger partial charge in [0.1, 0.15) is 11.9 Å². The fourth-order valence-electron chi connectivity index (χ4n) is 4.55. The molecule has 1 saturated carbocycles. The first kappa shape index (κ1) is 20.0. The smallest absolute Gasteiger partial charge is 0.266 e. The van der Waals surface area contributed by atoms with E-state index in [2.05, 4.69) is 37.0 Å². The van der Waals surface area contributed by atoms with Crippen LogP contribution in [-0.4, -0.2) is 50.8 Å². The highest BCUT2D eigenvalue weighted by Gasteiger charge is 2.29. The van der Waals surface area contributed by atoms with Crippen LogP contribution in [0.2, 0.25) is 0 Å². The van der Waals surface area contributed by atoms with Gasteiger partial charge >= 0.3 is 0 Å². The van der Waals surface area contributed by atoms with Crippen molar-refractivity contribution in [1.29, 1.82) is 0 Å². The first-order chi connectivity index (χ1) is 15.1. The summed E-state index contributed by atoms with van der Waals surface area (Å²) in [6.07, 6.45) is 5.83. The minimum atomic E-state index is -0.138. The molecule has 0 bridgehead atoms. The molecule has 0 unspecified atom stereocenters. The third-order valence-corrected chi connectivity index (χ3v) is 6.30. The molecule has 1 aliphatic heterocycles. The van der Waals surface area contributed by atoms with E-state index in [9.17, 15) is 4.79 Å². The van der Waals surface area contributed by atoms with Gasteiger partial charge in [-0.3, -0.25) is 20.3 Å². The second-order valence-electron chi connectivity index (χ2n) is 8.31. The maximum Gasteiger partial charge on any atom is 0.266 e. The molecule has 4 heterocycles. The number of nitrogens with one attached hydrogen (secondary N) is 3. The van der Waals surface area contributed by atoms with Crippen LogP contribution in [-0.2, 0) is 7.05 Å². The molecule has 3 aromatic rings. The number of fused-ring (bicyclic) bond motifs is 1. The summed E-state index contributed by atoms with van der Waals surface area (Å²) in [5.74, 6) is 1.69. The summed E-state index contributed by atoms with van der Waals surface area (Å²) in [5, 5.41) is 13.5. The molecule has 2 fully saturated rings. The van der Waals surface area contributed by atoms with Crippen LogP contribution in [0.25, 0.3) is 10.9 Å². The molecule has 0 aromatic carbocycles. The molecule has 0 radical (unpaired) electrons. The normalized spacial score (nSPS) is 22.1. The van der Waals surface area contributed by atoms with Gasteiger partial charge in [-0.25, -0.2) is 9.67 Å². The van der Waals surface area contributed by atoms with Crippen molar-refractivity contribution in [3.05, 3.63) is 40.4 Å². The molecule has 2 aliphatic rings. The Bertz CT molecular complexity index is 1130. The maximum absolute atomic E-state index is 11.5. The van der Waals surface area contributed by atoms with E-state index >= 15 is 0 Å². The number of hydrogen-bond acceptors (Lipinski definition) is 8. The maximum atomic E-state index is 11.5. The molecule has 1 saturated heterocycles. The number of hydrazine groups is 1. The third kappa shape index (κ3) is 3.88. The van der Waals surface area contributed by atoms with Crippen LogP contribution in [0.1, 0.15) is 43.3 Å². The van der Waals surface area contributed by atoms with Gasteiger partial charge in [-0.1, -0.05) is 0 Å². The zero-order chi connectivity index (χ0) is 21.4. The zero-order valence-corrected chi connectivity index (χ0v) is 17.8. The second kappa shape index (κ2) is 8.27. The highest BCUT2D eigenvalue weighted by atomic mass is 16.5. The molecular weight excluding hydrogens is 396 g/mol. The summed E-state index contributed by atoms with van der Waals surface area (Å²) >= 11 is 0. The molecule has 0 atom stereocenters. The van der Waals surface area contributed by atoms with Gasteiger partial charge in [-0.05, 0) is 25.7 Å². The molecule has 164 valence electrons. The molecule has 5 rings (SSSR count). The van der Waals surface area contributed by atoms with E-state index in [-0.39, 0.29) is 11.7 Å². The van der Waals surface area contributed by atoms with Crippen LogP contribution in [0.3, 0.4) is 0 Å². The highest BCUT2D eigenvalue weighted by Crippen LogP contribution is 2.35. The van der Waals surface area contributed by atoms with Crippen molar-refractivity contribution < 1.29 is 4.74 Å². The average Bonchev–Trinajstić information content (AvgIpc) is 3.44. The topological polar surface area (TPSA) is 111 Å². The van der Waals surface area contributed by atoms with Crippen LogP contribution >= 0.6 is 0 Å². The van der Waals surface area contributed by atoms with Crippen LogP contribution in [0, 0.1) is 0 Å². The van der Waals surface area contributed by atoms with Gasteiger partial charge in [0, 0.05) is 62.9 Å². The SMILES string of the molecule is CNc1cc2c(cn1)c(C1CNNC1)nn2C1CCC(Oc2ccc(=O)n(C)n2)CC1. The molecule has 10 heteroatoms. The summed E-state index contributed by atoms with van der Waals surface area (Å²) in [7, 11) is 3.52. The van der Waals surface area contributed by atoms with Crippen molar-refractivity contribution in [3.8, 4) is 5.88 Å². The Morgan fingerprint density at radius 1 is 1.13 bits per heavy atom. The van der Waals surface area contributed by atoms with Crippen LogP contribution in [0.15, 0.2) is 29.2 Å². The Labute approximate surface area is 180 Å². The van der Waals surface area contributed by atoms with Gasteiger partial charge in [0.15, 0.2) is 0 Å². The standard InChI is InChI=1S/C21H28N8O2/c1-22-18-9-17-16(12-23-18)21(13-10-24-25-11-13)27-29(17)14-3-5-15(6-4-14)31-19-7-8-20(30)28(2)26-19/h7-9,12-15,24-25H,3-6,10-11H2,1-2H3,(H,22,23). The Hall–Kier alpha value is -2.98. The van der Waals surface area contributed by atoms with Gasteiger partial charge < -0.3 is 10.1 Å². The molecule has 3 aromatic heterocycles. The fourth-order valence-corrected chi connectivity index (χ4v) is 4.55. The Balaban J connectivity index is 1.36. The van der Waals surface area contributed by atoms with Crippen LogP contribution in [0.4, 0.5) is 5.82 Å². The Morgan fingerprint density at radius 2 is 1.90 bits per heavy atom. The number of aromatic nitrogens is 5. The monoisotopic (exact) mass is 424 g/mol. The van der Waals surface area contributed by atoms with E-state index in [1.807, 2.05) is 13.2 Å². The van der Waals surface area contributed by atoms with Crippen molar-refractivity contribution in [1.82, 2.24) is 35.4 Å². The van der Waals surface area contributed by atoms with Gasteiger partial charge in [-0.15, -0.1) is 5.10 Å². The number of pyridine rings is 1. The van der Waals surface area contributed by atoms with Crippen molar-refractivity contribution >= 4 is 16.7 Å². The van der Waals surface area contributed by atoms with E-state index in [1.165, 1.54) is 10.7 Å². The van der Waals surface area contributed by atoms with E-state index in [1.54, 1.807) is 13.1 Å². The minimum Gasteiger partial charge on any atom is -0.473 e. The summed E-state index contributed by atoms with van der Waals surface area (Å²) < 4.78 is 9.55.